The third-order valence-corrected chi connectivity index (χ3v) is 10.1. The molecule has 288 valence electrons. The lowest BCUT2D eigenvalue weighted by Crippen LogP contribution is -2.29. The molecule has 13 nitrogen and oxygen atoms in total. The Balaban J connectivity index is 1.15. The van der Waals surface area contributed by atoms with Crippen LogP contribution in [0.4, 0.5) is 10.8 Å². The van der Waals surface area contributed by atoms with Gasteiger partial charge in [-0.2, -0.15) is 0 Å². The van der Waals surface area contributed by atoms with E-state index in [0.717, 1.165) is 35.2 Å². The van der Waals surface area contributed by atoms with E-state index >= 15 is 0 Å². The molecule has 5 rings (SSSR count). The molecular weight excluding hydrogens is 715 g/mol. The number of thiazole rings is 1. The summed E-state index contributed by atoms with van der Waals surface area (Å²) in [5.41, 5.74) is 1.18. The molecule has 54 heavy (non-hydrogen) atoms. The van der Waals surface area contributed by atoms with Gasteiger partial charge < -0.3 is 33.7 Å². The van der Waals surface area contributed by atoms with E-state index in [1.54, 1.807) is 18.2 Å². The number of benzene rings is 2. The van der Waals surface area contributed by atoms with Crippen LogP contribution < -0.4 is 14.8 Å². The van der Waals surface area contributed by atoms with E-state index in [9.17, 15) is 19.2 Å². The maximum Gasteiger partial charge on any atom is 0.330 e. The maximum absolute atomic E-state index is 13.3. The molecule has 1 heterocycles. The summed E-state index contributed by atoms with van der Waals surface area (Å²) >= 11 is 1.48. The number of ether oxygens (including phenoxy) is 6. The van der Waals surface area contributed by atoms with Gasteiger partial charge in [0.25, 0.3) is 0 Å². The number of aliphatic imine (C=N–C) groups is 1. The number of nitrogens with zero attached hydrogens (tertiary/aromatic N) is 2. The van der Waals surface area contributed by atoms with E-state index in [-0.39, 0.29) is 60.7 Å². The predicted octanol–water partition coefficient (Wildman–Crippen LogP) is 7.27. The number of carbonyl (C=O) groups is 4. The second kappa shape index (κ2) is 21.1. The number of hydrogen-bond acceptors (Lipinski definition) is 13. The summed E-state index contributed by atoms with van der Waals surface area (Å²) < 4.78 is 34.5. The van der Waals surface area contributed by atoms with Gasteiger partial charge in [0.1, 0.15) is 11.4 Å². The van der Waals surface area contributed by atoms with Crippen LogP contribution in [0, 0.1) is 11.8 Å². The van der Waals surface area contributed by atoms with Gasteiger partial charge in [0.2, 0.25) is 0 Å². The largest absolute Gasteiger partial charge is 0.462 e. The molecule has 0 bridgehead atoms. The first kappa shape index (κ1) is 40.3. The molecule has 0 atom stereocenters. The number of fused-ring (bicyclic) bond motifs is 1. The Morgan fingerprint density at radius 2 is 1.33 bits per heavy atom. The molecule has 0 spiro atoms. The number of aromatic nitrogens is 1. The van der Waals surface area contributed by atoms with Crippen LogP contribution in [0.1, 0.15) is 64.2 Å². The molecule has 2 fully saturated rings. The number of para-hydroxylation sites is 1. The van der Waals surface area contributed by atoms with E-state index in [1.807, 2.05) is 24.3 Å². The van der Waals surface area contributed by atoms with Gasteiger partial charge in [-0.15, -0.1) is 0 Å². The highest BCUT2D eigenvalue weighted by Crippen LogP contribution is 2.36. The number of nitrogens with one attached hydrogen (secondary N) is 1. The van der Waals surface area contributed by atoms with E-state index in [1.165, 1.54) is 17.7 Å². The SMILES string of the molecule is C=CC(=O)OCCCOC1CCC(C(=O)Oc2ccc(OC(=O)C3CCC(OCCCOC(=O)C=C)CC3)c(/N=C/Nc3nc4ccccc4s3)c2)CC1. The van der Waals surface area contributed by atoms with Crippen molar-refractivity contribution in [2.45, 2.75) is 76.4 Å². The summed E-state index contributed by atoms with van der Waals surface area (Å²) in [5, 5.41) is 3.74. The van der Waals surface area contributed by atoms with Gasteiger partial charge in [-0.25, -0.2) is 19.6 Å². The number of hydrogen-bond donors (Lipinski definition) is 1. The summed E-state index contributed by atoms with van der Waals surface area (Å²) in [4.78, 5) is 58.0. The number of carbonyl (C=O) groups excluding carboxylic acids is 4. The van der Waals surface area contributed by atoms with Crippen molar-refractivity contribution in [2.24, 2.45) is 16.8 Å². The lowest BCUT2D eigenvalue weighted by molar-refractivity contribution is -0.142. The molecule has 0 amide bonds. The van der Waals surface area contributed by atoms with E-state index < -0.39 is 11.9 Å². The van der Waals surface area contributed by atoms with Gasteiger partial charge in [-0.05, 0) is 75.6 Å². The highest BCUT2D eigenvalue weighted by atomic mass is 32.1. The highest BCUT2D eigenvalue weighted by Gasteiger charge is 2.30. The van der Waals surface area contributed by atoms with Crippen LogP contribution in [-0.4, -0.2) is 73.8 Å². The van der Waals surface area contributed by atoms with Gasteiger partial charge >= 0.3 is 23.9 Å². The fourth-order valence-electron chi connectivity index (χ4n) is 6.24. The zero-order valence-corrected chi connectivity index (χ0v) is 31.1. The predicted molar refractivity (Wildman–Crippen MR) is 204 cm³/mol. The first-order chi connectivity index (χ1) is 26.3. The second-order valence-corrected chi connectivity index (χ2v) is 14.0. The van der Waals surface area contributed by atoms with E-state index in [4.69, 9.17) is 28.4 Å². The lowest BCUT2D eigenvalue weighted by Gasteiger charge is -2.27. The lowest BCUT2D eigenvalue weighted by atomic mass is 9.87. The van der Waals surface area contributed by atoms with Crippen molar-refractivity contribution in [1.29, 1.82) is 0 Å². The molecule has 0 unspecified atom stereocenters. The molecule has 0 aliphatic heterocycles. The van der Waals surface area contributed by atoms with E-state index in [2.05, 4.69) is 28.5 Å². The van der Waals surface area contributed by atoms with Crippen molar-refractivity contribution >= 4 is 62.6 Å². The van der Waals surface area contributed by atoms with Crippen LogP contribution >= 0.6 is 11.3 Å². The average molecular weight is 762 g/mol. The molecule has 1 aromatic heterocycles. The first-order valence-electron chi connectivity index (χ1n) is 18.3. The number of esters is 4. The third kappa shape index (κ3) is 12.6. The monoisotopic (exact) mass is 761 g/mol. The topological polar surface area (TPSA) is 161 Å². The van der Waals surface area contributed by atoms with Gasteiger partial charge in [0.05, 0.1) is 67.0 Å². The Bertz CT molecular complexity index is 1740. The third-order valence-electron chi connectivity index (χ3n) is 9.17. The van der Waals surface area contributed by atoms with Crippen molar-refractivity contribution in [3.05, 3.63) is 67.8 Å². The van der Waals surface area contributed by atoms with Crippen molar-refractivity contribution in [1.82, 2.24) is 4.98 Å². The molecule has 2 saturated carbocycles. The molecular formula is C40H47N3O10S. The van der Waals surface area contributed by atoms with Crippen molar-refractivity contribution in [3.8, 4) is 11.5 Å². The fourth-order valence-corrected chi connectivity index (χ4v) is 7.07. The average Bonchev–Trinajstić information content (AvgIpc) is 3.61. The number of rotatable bonds is 19. The molecule has 0 radical (unpaired) electrons. The van der Waals surface area contributed by atoms with Crippen LogP contribution in [-0.2, 0) is 38.1 Å². The molecule has 14 heteroatoms. The van der Waals surface area contributed by atoms with Gasteiger partial charge in [-0.3, -0.25) is 9.59 Å². The second-order valence-electron chi connectivity index (χ2n) is 13.0. The Hall–Kier alpha value is -4.92. The molecule has 2 aliphatic rings. The Kier molecular flexibility index (Phi) is 15.7. The molecule has 0 saturated heterocycles. The Morgan fingerprint density at radius 1 is 0.759 bits per heavy atom. The standard InChI is InChI=1S/C40H47N3O10S/c1-3-36(44)50-23-7-21-48-29-15-11-27(12-16-29)38(46)52-31-19-20-34(33(25-31)41-26-42-40-43-32-9-5-6-10-35(32)54-40)53-39(47)28-13-17-30(18-14-28)49-22-8-24-51-37(45)4-2/h3-6,9-10,19-20,25-30H,1-2,7-8,11-18,21-24H2,(H,41,42,43). The summed E-state index contributed by atoms with van der Waals surface area (Å²) in [6.07, 6.45) is 10.3. The van der Waals surface area contributed by atoms with Crippen LogP contribution in [0.15, 0.2) is 72.8 Å². The zero-order chi connectivity index (χ0) is 38.1. The molecule has 1 N–H and O–H groups in total. The highest BCUT2D eigenvalue weighted by molar-refractivity contribution is 7.22. The Morgan fingerprint density at radius 3 is 1.91 bits per heavy atom. The zero-order valence-electron chi connectivity index (χ0n) is 30.3. The first-order valence-corrected chi connectivity index (χ1v) is 19.2. The normalized spacial score (nSPS) is 19.9. The summed E-state index contributed by atoms with van der Waals surface area (Å²) in [7, 11) is 0. The van der Waals surface area contributed by atoms with Gasteiger partial charge in [0, 0.05) is 31.1 Å². The number of anilines is 1. The van der Waals surface area contributed by atoms with E-state index in [0.29, 0.717) is 75.4 Å². The van der Waals surface area contributed by atoms with Crippen LogP contribution in [0.25, 0.3) is 10.2 Å². The summed E-state index contributed by atoms with van der Waals surface area (Å²) in [5.74, 6) is -1.66. The van der Waals surface area contributed by atoms with Crippen molar-refractivity contribution in [2.75, 3.05) is 31.7 Å². The van der Waals surface area contributed by atoms with Crippen molar-refractivity contribution < 1.29 is 47.6 Å². The minimum absolute atomic E-state index is 0.0232. The molecule has 2 aliphatic carbocycles. The van der Waals surface area contributed by atoms with Crippen molar-refractivity contribution in [3.63, 3.8) is 0 Å². The van der Waals surface area contributed by atoms with Crippen LogP contribution in [0.2, 0.25) is 0 Å². The Labute approximate surface area is 318 Å². The van der Waals surface area contributed by atoms with Crippen LogP contribution in [0.5, 0.6) is 11.5 Å². The van der Waals surface area contributed by atoms with Gasteiger partial charge in [-0.1, -0.05) is 36.6 Å². The van der Waals surface area contributed by atoms with Crippen LogP contribution in [0.3, 0.4) is 0 Å². The minimum atomic E-state index is -0.455. The summed E-state index contributed by atoms with van der Waals surface area (Å²) in [6.45, 7) is 8.21. The maximum atomic E-state index is 13.3. The summed E-state index contributed by atoms with van der Waals surface area (Å²) in [6, 6.07) is 12.6. The molecule has 3 aromatic rings. The minimum Gasteiger partial charge on any atom is -0.462 e. The molecule has 2 aromatic carbocycles. The quantitative estimate of drug-likeness (QED) is 0.0326. The smallest absolute Gasteiger partial charge is 0.330 e. The van der Waals surface area contributed by atoms with Gasteiger partial charge in [0.15, 0.2) is 10.9 Å². The fraction of sp³-hybridized carbons (Fsp3) is 0.450.